The summed E-state index contributed by atoms with van der Waals surface area (Å²) in [6.45, 7) is 2.38. The quantitative estimate of drug-likeness (QED) is 0.647. The molecule has 0 fully saturated rings. The van der Waals surface area contributed by atoms with Gasteiger partial charge in [-0.05, 0) is 25.1 Å². The topological polar surface area (TPSA) is 83.8 Å². The molecule has 3 rings (SSSR count). The molecule has 3 aromatic rings. The lowest BCUT2D eigenvalue weighted by Gasteiger charge is -2.02. The van der Waals surface area contributed by atoms with Crippen molar-refractivity contribution in [2.24, 2.45) is 0 Å². The van der Waals surface area contributed by atoms with Gasteiger partial charge in [0.05, 0.1) is 22.8 Å². The van der Waals surface area contributed by atoms with Crippen molar-refractivity contribution < 1.29 is 4.79 Å². The molecule has 0 atom stereocenters. The zero-order chi connectivity index (χ0) is 14.1. The third kappa shape index (κ3) is 2.37. The number of carbonyl (C=O) groups excluding carboxylic acids is 1. The zero-order valence-corrected chi connectivity index (χ0v) is 11.8. The lowest BCUT2D eigenvalue weighted by molar-refractivity contribution is 0.0952. The van der Waals surface area contributed by atoms with Crippen LogP contribution in [0.2, 0.25) is 0 Å². The minimum absolute atomic E-state index is 0.119. The third-order valence-corrected chi connectivity index (χ3v) is 3.87. The van der Waals surface area contributed by atoms with Crippen LogP contribution in [0.3, 0.4) is 0 Å². The number of amides is 1. The summed E-state index contributed by atoms with van der Waals surface area (Å²) in [4.78, 5) is 19.6. The van der Waals surface area contributed by atoms with E-state index < -0.39 is 0 Å². The summed E-state index contributed by atoms with van der Waals surface area (Å²) in [7, 11) is 0. The average molecular weight is 286 g/mol. The molecule has 4 N–H and O–H groups in total. The fourth-order valence-corrected chi connectivity index (χ4v) is 2.70. The Hall–Kier alpha value is -2.34. The number of anilines is 1. The van der Waals surface area contributed by atoms with E-state index in [1.807, 2.05) is 24.4 Å². The molecular formula is C14H14N4OS. The first-order valence-electron chi connectivity index (χ1n) is 6.19. The normalized spacial score (nSPS) is 10.8. The van der Waals surface area contributed by atoms with Crippen molar-refractivity contribution in [1.82, 2.24) is 15.3 Å². The average Bonchev–Trinajstić information content (AvgIpc) is 3.01. The molecule has 0 unspecified atom stereocenters. The first-order chi connectivity index (χ1) is 9.63. The molecule has 0 bridgehead atoms. The Morgan fingerprint density at radius 2 is 2.35 bits per heavy atom. The number of thiazole rings is 1. The van der Waals surface area contributed by atoms with Crippen LogP contribution >= 0.6 is 11.3 Å². The monoisotopic (exact) mass is 286 g/mol. The lowest BCUT2D eigenvalue weighted by atomic mass is 10.1. The fourth-order valence-electron chi connectivity index (χ4n) is 2.09. The molecule has 0 aliphatic rings. The van der Waals surface area contributed by atoms with E-state index in [0.29, 0.717) is 17.8 Å². The smallest absolute Gasteiger partial charge is 0.253 e. The number of H-pyrrole nitrogens is 1. The lowest BCUT2D eigenvalue weighted by Crippen LogP contribution is -2.22. The van der Waals surface area contributed by atoms with Crippen LogP contribution in [0.1, 0.15) is 21.1 Å². The van der Waals surface area contributed by atoms with E-state index in [9.17, 15) is 4.79 Å². The molecule has 0 saturated carbocycles. The molecule has 0 aliphatic heterocycles. The molecule has 6 heteroatoms. The number of aryl methyl sites for hydroxylation is 1. The van der Waals surface area contributed by atoms with Crippen LogP contribution < -0.4 is 11.1 Å². The predicted octanol–water partition coefficient (Wildman–Crippen LogP) is 2.45. The second-order valence-corrected chi connectivity index (χ2v) is 5.61. The summed E-state index contributed by atoms with van der Waals surface area (Å²) in [5, 5.41) is 6.69. The van der Waals surface area contributed by atoms with Gasteiger partial charge < -0.3 is 16.0 Å². The third-order valence-electron chi connectivity index (χ3n) is 3.05. The summed E-state index contributed by atoms with van der Waals surface area (Å²) < 4.78 is 0. The van der Waals surface area contributed by atoms with Gasteiger partial charge in [-0.3, -0.25) is 4.79 Å². The number of hydrogen-bond donors (Lipinski definition) is 3. The molecule has 20 heavy (non-hydrogen) atoms. The maximum atomic E-state index is 12.2. The Labute approximate surface area is 119 Å². The number of aromatic amines is 1. The van der Waals surface area contributed by atoms with Gasteiger partial charge in [-0.15, -0.1) is 11.3 Å². The van der Waals surface area contributed by atoms with Gasteiger partial charge in [-0.1, -0.05) is 0 Å². The number of nitrogen functional groups attached to an aromatic ring is 1. The van der Waals surface area contributed by atoms with E-state index >= 15 is 0 Å². The molecule has 0 aliphatic carbocycles. The van der Waals surface area contributed by atoms with Crippen LogP contribution in [0.15, 0.2) is 29.8 Å². The highest BCUT2D eigenvalue weighted by Gasteiger charge is 2.12. The molecule has 2 aromatic heterocycles. The number of rotatable bonds is 3. The standard InChI is InChI=1S/C14H14N4OS/c1-8-18-10(7-20-8)5-17-14(19)12-6-16-13-4-9(15)2-3-11(12)13/h2-4,6-7,16H,5,15H2,1H3,(H,17,19). The van der Waals surface area contributed by atoms with Gasteiger partial charge in [-0.2, -0.15) is 0 Å². The van der Waals surface area contributed by atoms with Gasteiger partial charge in [0.25, 0.3) is 5.91 Å². The predicted molar refractivity (Wildman–Crippen MR) is 80.7 cm³/mol. The Morgan fingerprint density at radius 1 is 1.50 bits per heavy atom. The summed E-state index contributed by atoms with van der Waals surface area (Å²) >= 11 is 1.58. The molecule has 0 spiro atoms. The Morgan fingerprint density at radius 3 is 3.10 bits per heavy atom. The van der Waals surface area contributed by atoms with Crippen molar-refractivity contribution in [3.05, 3.63) is 46.0 Å². The first-order valence-corrected chi connectivity index (χ1v) is 7.07. The highest BCUT2D eigenvalue weighted by Crippen LogP contribution is 2.20. The minimum Gasteiger partial charge on any atom is -0.399 e. The van der Waals surface area contributed by atoms with Crippen molar-refractivity contribution in [2.75, 3.05) is 5.73 Å². The fraction of sp³-hybridized carbons (Fsp3) is 0.143. The number of benzene rings is 1. The van der Waals surface area contributed by atoms with E-state index in [4.69, 9.17) is 5.73 Å². The van der Waals surface area contributed by atoms with Crippen molar-refractivity contribution in [3.63, 3.8) is 0 Å². The highest BCUT2D eigenvalue weighted by molar-refractivity contribution is 7.09. The van der Waals surface area contributed by atoms with Crippen LogP contribution in [-0.2, 0) is 6.54 Å². The molecule has 2 heterocycles. The Balaban J connectivity index is 1.78. The second-order valence-electron chi connectivity index (χ2n) is 4.55. The van der Waals surface area contributed by atoms with Gasteiger partial charge in [0, 0.05) is 28.2 Å². The maximum absolute atomic E-state index is 12.2. The van der Waals surface area contributed by atoms with E-state index in [-0.39, 0.29) is 5.91 Å². The van der Waals surface area contributed by atoms with Crippen molar-refractivity contribution in [2.45, 2.75) is 13.5 Å². The molecule has 0 radical (unpaired) electrons. The number of nitrogens with two attached hydrogens (primary N) is 1. The van der Waals surface area contributed by atoms with Crippen molar-refractivity contribution in [1.29, 1.82) is 0 Å². The Kier molecular flexibility index (Phi) is 3.15. The first kappa shape index (κ1) is 12.7. The van der Waals surface area contributed by atoms with Gasteiger partial charge in [0.2, 0.25) is 0 Å². The number of nitrogens with zero attached hydrogens (tertiary/aromatic N) is 1. The highest BCUT2D eigenvalue weighted by atomic mass is 32.1. The number of fused-ring (bicyclic) bond motifs is 1. The number of carbonyl (C=O) groups is 1. The van der Waals surface area contributed by atoms with Gasteiger partial charge in [-0.25, -0.2) is 4.98 Å². The van der Waals surface area contributed by atoms with Gasteiger partial charge >= 0.3 is 0 Å². The van der Waals surface area contributed by atoms with Crippen molar-refractivity contribution >= 4 is 33.8 Å². The molecule has 0 saturated heterocycles. The van der Waals surface area contributed by atoms with E-state index in [1.54, 1.807) is 23.6 Å². The molecule has 102 valence electrons. The maximum Gasteiger partial charge on any atom is 0.253 e. The van der Waals surface area contributed by atoms with E-state index in [2.05, 4.69) is 15.3 Å². The van der Waals surface area contributed by atoms with Crippen molar-refractivity contribution in [3.8, 4) is 0 Å². The number of aromatic nitrogens is 2. The summed E-state index contributed by atoms with van der Waals surface area (Å²) in [5.41, 5.74) is 8.75. The van der Waals surface area contributed by atoms with E-state index in [1.165, 1.54) is 0 Å². The van der Waals surface area contributed by atoms with Crippen LogP contribution in [0, 0.1) is 6.92 Å². The van der Waals surface area contributed by atoms with Crippen LogP contribution in [-0.4, -0.2) is 15.9 Å². The molecule has 5 nitrogen and oxygen atoms in total. The minimum atomic E-state index is -0.119. The Bertz CT molecular complexity index is 774. The van der Waals surface area contributed by atoms with Gasteiger partial charge in [0.1, 0.15) is 0 Å². The zero-order valence-electron chi connectivity index (χ0n) is 10.9. The summed E-state index contributed by atoms with van der Waals surface area (Å²) in [6, 6.07) is 5.45. The number of hydrogen-bond acceptors (Lipinski definition) is 4. The van der Waals surface area contributed by atoms with Gasteiger partial charge in [0.15, 0.2) is 0 Å². The summed E-state index contributed by atoms with van der Waals surface area (Å²) in [6.07, 6.45) is 1.70. The summed E-state index contributed by atoms with van der Waals surface area (Å²) in [5.74, 6) is -0.119. The van der Waals surface area contributed by atoms with Crippen LogP contribution in [0.5, 0.6) is 0 Å². The molecular weight excluding hydrogens is 272 g/mol. The molecule has 1 aromatic carbocycles. The molecule has 1 amide bonds. The van der Waals surface area contributed by atoms with Crippen LogP contribution in [0.4, 0.5) is 5.69 Å². The van der Waals surface area contributed by atoms with Crippen LogP contribution in [0.25, 0.3) is 10.9 Å². The van der Waals surface area contributed by atoms with E-state index in [0.717, 1.165) is 21.6 Å². The largest absolute Gasteiger partial charge is 0.399 e. The number of nitrogens with one attached hydrogen (secondary N) is 2. The second kappa shape index (κ2) is 4.97. The SMILES string of the molecule is Cc1nc(CNC(=O)c2c[nH]c3cc(N)ccc23)cs1.